The van der Waals surface area contributed by atoms with Crippen LogP contribution in [0.25, 0.3) is 0 Å². The van der Waals surface area contributed by atoms with Crippen LogP contribution in [0.1, 0.15) is 5.56 Å². The van der Waals surface area contributed by atoms with Crippen molar-refractivity contribution in [2.75, 3.05) is 27.5 Å². The van der Waals surface area contributed by atoms with E-state index < -0.39 is 12.0 Å². The number of benzene rings is 1. The third-order valence-corrected chi connectivity index (χ3v) is 2.73. The molecule has 1 aromatic carbocycles. The Balaban J connectivity index is 1.86. The van der Waals surface area contributed by atoms with Gasteiger partial charge in [-0.05, 0) is 24.7 Å². The summed E-state index contributed by atoms with van der Waals surface area (Å²) >= 11 is 0. The molecule has 1 heterocycles. The van der Waals surface area contributed by atoms with Crippen molar-refractivity contribution < 1.29 is 23.8 Å². The number of hydrogen-bond donors (Lipinski definition) is 1. The van der Waals surface area contributed by atoms with E-state index in [-0.39, 0.29) is 13.3 Å². The second-order valence-corrected chi connectivity index (χ2v) is 4.40. The molecule has 2 amide bonds. The fraction of sp³-hybridized carbons (Fsp3) is 0.385. The van der Waals surface area contributed by atoms with Crippen LogP contribution >= 0.6 is 0 Å². The third-order valence-electron chi connectivity index (χ3n) is 2.73. The van der Waals surface area contributed by atoms with Gasteiger partial charge in [-0.25, -0.2) is 4.79 Å². The summed E-state index contributed by atoms with van der Waals surface area (Å²) < 4.78 is 14.9. The average molecular weight is 280 g/mol. The van der Waals surface area contributed by atoms with E-state index >= 15 is 0 Å². The minimum Gasteiger partial charge on any atom is -0.454 e. The lowest BCUT2D eigenvalue weighted by Gasteiger charge is -2.16. The Morgan fingerprint density at radius 1 is 1.35 bits per heavy atom. The molecule has 1 aliphatic heterocycles. The van der Waals surface area contributed by atoms with Crippen molar-refractivity contribution in [1.82, 2.24) is 10.2 Å². The molecule has 0 spiro atoms. The van der Waals surface area contributed by atoms with Gasteiger partial charge in [0.1, 0.15) is 0 Å². The van der Waals surface area contributed by atoms with Crippen LogP contribution in [0.4, 0.5) is 4.79 Å². The van der Waals surface area contributed by atoms with Crippen molar-refractivity contribution in [3.8, 4) is 11.5 Å². The van der Waals surface area contributed by atoms with Crippen molar-refractivity contribution in [2.45, 2.75) is 6.54 Å². The van der Waals surface area contributed by atoms with Gasteiger partial charge in [-0.1, -0.05) is 6.07 Å². The van der Waals surface area contributed by atoms with Crippen LogP contribution < -0.4 is 14.8 Å². The van der Waals surface area contributed by atoms with Crippen LogP contribution in [0.2, 0.25) is 0 Å². The van der Waals surface area contributed by atoms with Crippen molar-refractivity contribution in [3.05, 3.63) is 23.8 Å². The first-order chi connectivity index (χ1) is 9.58. The summed E-state index contributed by atoms with van der Waals surface area (Å²) in [7, 11) is 2.99. The molecule has 0 saturated heterocycles. The molecule has 2 rings (SSSR count). The smallest absolute Gasteiger partial charge is 0.413 e. The molecule has 0 aliphatic carbocycles. The fourth-order valence-corrected chi connectivity index (χ4v) is 1.86. The molecule has 108 valence electrons. The average Bonchev–Trinajstić information content (AvgIpc) is 2.85. The first-order valence-electron chi connectivity index (χ1n) is 6.03. The largest absolute Gasteiger partial charge is 0.454 e. The molecule has 0 unspecified atom stereocenters. The van der Waals surface area contributed by atoms with Crippen LogP contribution in [-0.2, 0) is 16.1 Å². The maximum absolute atomic E-state index is 11.5. The van der Waals surface area contributed by atoms with Gasteiger partial charge >= 0.3 is 6.09 Å². The molecule has 0 radical (unpaired) electrons. The minimum absolute atomic E-state index is 0.0868. The molecule has 0 bridgehead atoms. The van der Waals surface area contributed by atoms with E-state index in [2.05, 4.69) is 10.1 Å². The number of hydrogen-bond acceptors (Lipinski definition) is 6. The van der Waals surface area contributed by atoms with E-state index in [1.54, 1.807) is 11.9 Å². The number of ether oxygens (including phenoxy) is 3. The predicted octanol–water partition coefficient (Wildman–Crippen LogP) is 0.730. The number of imide groups is 1. The van der Waals surface area contributed by atoms with Crippen molar-refractivity contribution in [3.63, 3.8) is 0 Å². The van der Waals surface area contributed by atoms with Gasteiger partial charge in [0.25, 0.3) is 0 Å². The summed E-state index contributed by atoms with van der Waals surface area (Å²) in [4.78, 5) is 24.2. The second kappa shape index (κ2) is 6.25. The number of nitrogens with one attached hydrogen (secondary N) is 1. The Morgan fingerprint density at radius 2 is 2.10 bits per heavy atom. The van der Waals surface area contributed by atoms with Crippen LogP contribution in [0, 0.1) is 0 Å². The quantitative estimate of drug-likeness (QED) is 0.876. The highest BCUT2D eigenvalue weighted by atomic mass is 16.7. The van der Waals surface area contributed by atoms with E-state index in [0.29, 0.717) is 12.3 Å². The Bertz CT molecular complexity index is 517. The van der Waals surface area contributed by atoms with E-state index in [0.717, 1.165) is 11.3 Å². The zero-order valence-corrected chi connectivity index (χ0v) is 11.3. The van der Waals surface area contributed by atoms with E-state index in [1.807, 2.05) is 18.2 Å². The number of rotatable bonds is 4. The van der Waals surface area contributed by atoms with Gasteiger partial charge in [-0.2, -0.15) is 0 Å². The van der Waals surface area contributed by atoms with Gasteiger partial charge in [-0.3, -0.25) is 15.0 Å². The zero-order chi connectivity index (χ0) is 14.5. The van der Waals surface area contributed by atoms with Crippen molar-refractivity contribution >= 4 is 12.0 Å². The molecule has 7 nitrogen and oxygen atoms in total. The van der Waals surface area contributed by atoms with Gasteiger partial charge < -0.3 is 14.2 Å². The molecular weight excluding hydrogens is 264 g/mol. The molecular formula is C13H16N2O5. The van der Waals surface area contributed by atoms with Crippen LogP contribution in [0.15, 0.2) is 18.2 Å². The lowest BCUT2D eigenvalue weighted by molar-refractivity contribution is -0.121. The summed E-state index contributed by atoms with van der Waals surface area (Å²) in [5, 5.41) is 2.10. The number of nitrogens with zero attached hydrogens (tertiary/aromatic N) is 1. The molecule has 0 saturated carbocycles. The molecule has 7 heteroatoms. The van der Waals surface area contributed by atoms with E-state index in [4.69, 9.17) is 9.47 Å². The maximum atomic E-state index is 11.5. The van der Waals surface area contributed by atoms with Gasteiger partial charge in [0.2, 0.25) is 12.7 Å². The summed E-state index contributed by atoms with van der Waals surface area (Å²) in [5.74, 6) is 1.01. The number of carbonyl (C=O) groups is 2. The van der Waals surface area contributed by atoms with Crippen molar-refractivity contribution in [2.24, 2.45) is 0 Å². The van der Waals surface area contributed by atoms with Crippen LogP contribution in [0.5, 0.6) is 11.5 Å². The summed E-state index contributed by atoms with van der Waals surface area (Å²) in [6.45, 7) is 0.866. The molecule has 1 aromatic rings. The number of likely N-dealkylation sites (N-methyl/N-ethyl adjacent to an activating group) is 1. The highest BCUT2D eigenvalue weighted by Gasteiger charge is 2.15. The summed E-state index contributed by atoms with van der Waals surface area (Å²) in [6, 6.07) is 5.61. The lowest BCUT2D eigenvalue weighted by atomic mass is 10.2. The molecule has 20 heavy (non-hydrogen) atoms. The number of carbonyl (C=O) groups excluding carboxylic acids is 2. The number of fused-ring (bicyclic) bond motifs is 1. The van der Waals surface area contributed by atoms with Crippen molar-refractivity contribution in [1.29, 1.82) is 0 Å². The zero-order valence-electron chi connectivity index (χ0n) is 11.3. The number of methoxy groups -OCH3 is 1. The molecule has 0 aromatic heterocycles. The highest BCUT2D eigenvalue weighted by Crippen LogP contribution is 2.32. The molecule has 0 atom stereocenters. The first kappa shape index (κ1) is 14.1. The molecule has 1 N–H and O–H groups in total. The molecule has 0 fully saturated rings. The topological polar surface area (TPSA) is 77.1 Å². The third kappa shape index (κ3) is 3.61. The number of alkyl carbamates (subject to hydrolysis) is 1. The molecule has 1 aliphatic rings. The van der Waals surface area contributed by atoms with Crippen LogP contribution in [0.3, 0.4) is 0 Å². The van der Waals surface area contributed by atoms with Crippen LogP contribution in [-0.4, -0.2) is 44.4 Å². The monoisotopic (exact) mass is 280 g/mol. The SMILES string of the molecule is COC(=O)NC(=O)CN(C)Cc1ccc2c(c1)OCO2. The normalized spacial score (nSPS) is 12.3. The maximum Gasteiger partial charge on any atom is 0.413 e. The predicted molar refractivity (Wildman–Crippen MR) is 69.4 cm³/mol. The number of amides is 2. The lowest BCUT2D eigenvalue weighted by Crippen LogP contribution is -2.38. The minimum atomic E-state index is -0.758. The first-order valence-corrected chi connectivity index (χ1v) is 6.03. The van der Waals surface area contributed by atoms with Gasteiger partial charge in [-0.15, -0.1) is 0 Å². The summed E-state index contributed by atoms with van der Waals surface area (Å²) in [6.07, 6.45) is -0.758. The van der Waals surface area contributed by atoms with E-state index in [1.165, 1.54) is 7.11 Å². The highest BCUT2D eigenvalue weighted by molar-refractivity contribution is 5.92. The Hall–Kier alpha value is -2.28. The second-order valence-electron chi connectivity index (χ2n) is 4.40. The fourth-order valence-electron chi connectivity index (χ4n) is 1.86. The Kier molecular flexibility index (Phi) is 4.41. The van der Waals surface area contributed by atoms with E-state index in [9.17, 15) is 9.59 Å². The Morgan fingerprint density at radius 3 is 2.85 bits per heavy atom. The summed E-state index contributed by atoms with van der Waals surface area (Å²) in [5.41, 5.74) is 0.989. The van der Waals surface area contributed by atoms with Gasteiger partial charge in [0.05, 0.1) is 13.7 Å². The van der Waals surface area contributed by atoms with Gasteiger partial charge in [0, 0.05) is 6.54 Å². The standard InChI is InChI=1S/C13H16N2O5/c1-15(7-12(16)14-13(17)18-2)6-9-3-4-10-11(5-9)20-8-19-10/h3-5H,6-8H2,1-2H3,(H,14,16,17). The Labute approximate surface area is 116 Å². The van der Waals surface area contributed by atoms with Gasteiger partial charge in [0.15, 0.2) is 11.5 Å².